The summed E-state index contributed by atoms with van der Waals surface area (Å²) in [6.45, 7) is 5.21. The first-order valence-electron chi connectivity index (χ1n) is 10.6. The molecule has 6 nitrogen and oxygen atoms in total. The van der Waals surface area contributed by atoms with Crippen molar-refractivity contribution in [2.75, 3.05) is 31.1 Å². The molecule has 1 fully saturated rings. The number of hydrazone groups is 1. The van der Waals surface area contributed by atoms with Crippen LogP contribution in [0, 0.1) is 5.92 Å². The molecule has 1 N–H and O–H groups in total. The minimum Gasteiger partial charge on any atom is -0.368 e. The van der Waals surface area contributed by atoms with Crippen LogP contribution in [0.2, 0.25) is 0 Å². The molecule has 0 aromatic heterocycles. The number of piperazine rings is 1. The van der Waals surface area contributed by atoms with Gasteiger partial charge in [-0.1, -0.05) is 49.4 Å². The second kappa shape index (κ2) is 9.11. The highest BCUT2D eigenvalue weighted by Gasteiger charge is 2.23. The van der Waals surface area contributed by atoms with Crippen LogP contribution in [0.5, 0.6) is 0 Å². The number of carbonyl (C=O) groups excluding carboxylic acids is 2. The van der Waals surface area contributed by atoms with E-state index in [0.29, 0.717) is 12.8 Å². The van der Waals surface area contributed by atoms with E-state index in [2.05, 4.69) is 51.8 Å². The summed E-state index contributed by atoms with van der Waals surface area (Å²) in [6, 6.07) is 18.5. The van der Waals surface area contributed by atoms with Crippen molar-refractivity contribution in [2.45, 2.75) is 26.2 Å². The minimum atomic E-state index is -0.0287. The summed E-state index contributed by atoms with van der Waals surface area (Å²) >= 11 is 0. The summed E-state index contributed by atoms with van der Waals surface area (Å²) in [5.74, 6) is 0.328. The minimum absolute atomic E-state index is 0.0287. The van der Waals surface area contributed by atoms with Gasteiger partial charge < -0.3 is 9.80 Å². The Morgan fingerprint density at radius 3 is 2.40 bits per heavy atom. The fraction of sp³-hybridized carbons (Fsp3) is 0.375. The van der Waals surface area contributed by atoms with Gasteiger partial charge >= 0.3 is 0 Å². The Morgan fingerprint density at radius 2 is 1.73 bits per heavy atom. The zero-order chi connectivity index (χ0) is 20.9. The van der Waals surface area contributed by atoms with Gasteiger partial charge in [0.25, 0.3) is 0 Å². The van der Waals surface area contributed by atoms with Crippen LogP contribution < -0.4 is 10.3 Å². The van der Waals surface area contributed by atoms with Crippen molar-refractivity contribution in [3.8, 4) is 0 Å². The van der Waals surface area contributed by atoms with Crippen LogP contribution in [0.1, 0.15) is 30.9 Å². The Morgan fingerprint density at radius 1 is 1.03 bits per heavy atom. The Labute approximate surface area is 177 Å². The fourth-order valence-electron chi connectivity index (χ4n) is 4.11. The Hall–Kier alpha value is -3.15. The van der Waals surface area contributed by atoms with E-state index in [1.807, 2.05) is 30.0 Å². The van der Waals surface area contributed by atoms with Crippen LogP contribution in [-0.4, -0.2) is 48.6 Å². The van der Waals surface area contributed by atoms with Crippen molar-refractivity contribution in [1.82, 2.24) is 10.3 Å². The molecule has 0 radical (unpaired) electrons. The smallest absolute Gasteiger partial charge is 0.240 e. The number of aryl methyl sites for hydroxylation is 1. The van der Waals surface area contributed by atoms with Crippen LogP contribution in [0.25, 0.3) is 0 Å². The average Bonchev–Trinajstić information content (AvgIpc) is 2.78. The zero-order valence-electron chi connectivity index (χ0n) is 17.4. The van der Waals surface area contributed by atoms with Gasteiger partial charge in [-0.2, -0.15) is 5.10 Å². The van der Waals surface area contributed by atoms with Crippen molar-refractivity contribution >= 4 is 23.2 Å². The number of carbonyl (C=O) groups is 2. The molecule has 1 saturated heterocycles. The van der Waals surface area contributed by atoms with Crippen LogP contribution in [-0.2, 0) is 16.0 Å². The van der Waals surface area contributed by atoms with Crippen molar-refractivity contribution in [3.63, 3.8) is 0 Å². The molecule has 2 aliphatic rings. The first-order valence-corrected chi connectivity index (χ1v) is 10.6. The molecule has 2 aromatic carbocycles. The highest BCUT2D eigenvalue weighted by molar-refractivity contribution is 6.05. The van der Waals surface area contributed by atoms with E-state index >= 15 is 0 Å². The van der Waals surface area contributed by atoms with E-state index in [1.54, 1.807) is 0 Å². The summed E-state index contributed by atoms with van der Waals surface area (Å²) in [6.07, 6.45) is 1.83. The normalized spacial score (nSPS) is 19.3. The molecule has 2 heterocycles. The summed E-state index contributed by atoms with van der Waals surface area (Å²) in [5, 5.41) is 4.23. The Kier molecular flexibility index (Phi) is 6.12. The van der Waals surface area contributed by atoms with E-state index in [1.165, 1.54) is 5.56 Å². The van der Waals surface area contributed by atoms with Gasteiger partial charge in [-0.05, 0) is 29.7 Å². The number of anilines is 1. The lowest BCUT2D eigenvalue weighted by atomic mass is 9.94. The summed E-state index contributed by atoms with van der Waals surface area (Å²) in [4.78, 5) is 28.3. The topological polar surface area (TPSA) is 65.0 Å². The van der Waals surface area contributed by atoms with Gasteiger partial charge in [-0.3, -0.25) is 9.59 Å². The number of benzene rings is 2. The molecule has 2 aromatic rings. The van der Waals surface area contributed by atoms with E-state index in [9.17, 15) is 9.59 Å². The lowest BCUT2D eigenvalue weighted by Crippen LogP contribution is -2.48. The fourth-order valence-corrected chi connectivity index (χ4v) is 4.11. The maximum atomic E-state index is 12.6. The van der Waals surface area contributed by atoms with Crippen LogP contribution in [0.3, 0.4) is 0 Å². The number of nitrogens with one attached hydrogen (secondary N) is 1. The van der Waals surface area contributed by atoms with E-state index in [4.69, 9.17) is 0 Å². The lowest BCUT2D eigenvalue weighted by Gasteiger charge is -2.36. The molecule has 30 heavy (non-hydrogen) atoms. The third-order valence-corrected chi connectivity index (χ3v) is 5.89. The van der Waals surface area contributed by atoms with Crippen LogP contribution >= 0.6 is 0 Å². The van der Waals surface area contributed by atoms with E-state index in [0.717, 1.165) is 49.6 Å². The molecular formula is C24H28N4O2. The average molecular weight is 405 g/mol. The van der Waals surface area contributed by atoms with Crippen molar-refractivity contribution in [3.05, 3.63) is 65.7 Å². The summed E-state index contributed by atoms with van der Waals surface area (Å²) in [7, 11) is 0. The first kappa shape index (κ1) is 20.1. The second-order valence-electron chi connectivity index (χ2n) is 8.04. The predicted molar refractivity (Wildman–Crippen MR) is 118 cm³/mol. The number of amides is 2. The van der Waals surface area contributed by atoms with Crippen molar-refractivity contribution in [2.24, 2.45) is 11.0 Å². The number of rotatable bonds is 5. The molecule has 4 rings (SSSR count). The Balaban J connectivity index is 1.30. The highest BCUT2D eigenvalue weighted by Crippen LogP contribution is 2.21. The molecule has 0 saturated carbocycles. The van der Waals surface area contributed by atoms with Gasteiger partial charge in [0.2, 0.25) is 11.8 Å². The third kappa shape index (κ3) is 4.70. The van der Waals surface area contributed by atoms with Gasteiger partial charge in [0, 0.05) is 50.6 Å². The highest BCUT2D eigenvalue weighted by atomic mass is 16.2. The third-order valence-electron chi connectivity index (χ3n) is 5.89. The van der Waals surface area contributed by atoms with Crippen LogP contribution in [0.4, 0.5) is 5.69 Å². The monoisotopic (exact) mass is 404 g/mol. The van der Waals surface area contributed by atoms with Crippen molar-refractivity contribution < 1.29 is 9.59 Å². The molecule has 1 atom stereocenters. The second-order valence-corrected chi connectivity index (χ2v) is 8.04. The van der Waals surface area contributed by atoms with E-state index in [-0.39, 0.29) is 17.7 Å². The zero-order valence-corrected chi connectivity index (χ0v) is 17.4. The maximum Gasteiger partial charge on any atom is 0.240 e. The van der Waals surface area contributed by atoms with Gasteiger partial charge in [-0.25, -0.2) is 5.43 Å². The van der Waals surface area contributed by atoms with E-state index < -0.39 is 0 Å². The van der Waals surface area contributed by atoms with Gasteiger partial charge in [0.05, 0.1) is 5.71 Å². The molecule has 6 heteroatoms. The van der Waals surface area contributed by atoms with Gasteiger partial charge in [0.15, 0.2) is 0 Å². The summed E-state index contributed by atoms with van der Waals surface area (Å²) in [5.41, 5.74) is 6.91. The van der Waals surface area contributed by atoms with Gasteiger partial charge in [0.1, 0.15) is 0 Å². The predicted octanol–water partition coefficient (Wildman–Crippen LogP) is 2.83. The molecule has 0 aliphatic carbocycles. The van der Waals surface area contributed by atoms with Crippen LogP contribution in [0.15, 0.2) is 59.7 Å². The Bertz CT molecular complexity index is 916. The van der Waals surface area contributed by atoms with Crippen molar-refractivity contribution in [1.29, 1.82) is 0 Å². The number of hydrogen-bond donors (Lipinski definition) is 1. The molecule has 2 amide bonds. The molecule has 156 valence electrons. The lowest BCUT2D eigenvalue weighted by molar-refractivity contribution is -0.131. The first-order chi connectivity index (χ1) is 14.6. The SMILES string of the molecule is C[C@H]1CC(=O)NN=C1c1ccc(N2CCN(C(=O)CCc3ccccc3)CC2)cc1. The number of hydrogen-bond acceptors (Lipinski definition) is 4. The summed E-state index contributed by atoms with van der Waals surface area (Å²) < 4.78 is 0. The molecular weight excluding hydrogens is 376 g/mol. The molecule has 0 bridgehead atoms. The quantitative estimate of drug-likeness (QED) is 0.833. The van der Waals surface area contributed by atoms with Gasteiger partial charge in [-0.15, -0.1) is 0 Å². The molecule has 0 spiro atoms. The molecule has 0 unspecified atom stereocenters. The maximum absolute atomic E-state index is 12.6. The number of nitrogens with zero attached hydrogens (tertiary/aromatic N) is 3. The standard InChI is InChI=1S/C24H28N4O2/c1-18-17-22(29)25-26-24(18)20-8-10-21(11-9-20)27-13-15-28(16-14-27)23(30)12-7-19-5-3-2-4-6-19/h2-6,8-11,18H,7,12-17H2,1H3,(H,25,29)/t18-/m0/s1. The molecule has 2 aliphatic heterocycles. The largest absolute Gasteiger partial charge is 0.368 e.